The molecule has 0 aliphatic carbocycles. The average Bonchev–Trinajstić information content (AvgIpc) is 3.36. The van der Waals surface area contributed by atoms with Crippen LogP contribution in [-0.4, -0.2) is 47.5 Å². The molecule has 0 spiro atoms. The topological polar surface area (TPSA) is 32.8 Å². The summed E-state index contributed by atoms with van der Waals surface area (Å²) in [6.45, 7) is 3.65. The molecular weight excluding hydrogens is 352 g/mol. The Morgan fingerprint density at radius 1 is 1.20 bits per heavy atom. The van der Waals surface area contributed by atoms with Crippen LogP contribution >= 0.6 is 24.0 Å². The van der Waals surface area contributed by atoms with Crippen LogP contribution in [0.5, 0.6) is 0 Å². The lowest BCUT2D eigenvalue weighted by Gasteiger charge is -2.18. The number of anilines is 1. The molecule has 3 fully saturated rings. The summed E-state index contributed by atoms with van der Waals surface area (Å²) in [7, 11) is 0. The first-order chi connectivity index (χ1) is 12.2. The van der Waals surface area contributed by atoms with Gasteiger partial charge in [0.1, 0.15) is 4.32 Å². The molecule has 0 N–H and O–H groups in total. The summed E-state index contributed by atoms with van der Waals surface area (Å²) in [4.78, 5) is 17.5. The van der Waals surface area contributed by atoms with E-state index in [4.69, 9.17) is 17.0 Å². The molecule has 0 radical (unpaired) electrons. The second-order valence-corrected chi connectivity index (χ2v) is 8.39. The van der Waals surface area contributed by atoms with Crippen molar-refractivity contribution in [3.8, 4) is 0 Å². The number of thioether (sulfide) groups is 1. The molecule has 0 bridgehead atoms. The Morgan fingerprint density at radius 2 is 1.96 bits per heavy atom. The lowest BCUT2D eigenvalue weighted by molar-refractivity contribution is -0.123. The molecular formula is C19H22N2O2S2. The second kappa shape index (κ2) is 7.48. The second-order valence-electron chi connectivity index (χ2n) is 6.71. The van der Waals surface area contributed by atoms with Crippen molar-refractivity contribution in [1.29, 1.82) is 0 Å². The molecule has 1 aromatic rings. The van der Waals surface area contributed by atoms with Gasteiger partial charge in [0.15, 0.2) is 0 Å². The fraction of sp³-hybridized carbons (Fsp3) is 0.474. The van der Waals surface area contributed by atoms with Gasteiger partial charge in [-0.2, -0.15) is 0 Å². The first-order valence-corrected chi connectivity index (χ1v) is 10.2. The summed E-state index contributed by atoms with van der Waals surface area (Å²) in [5, 5.41) is 0. The highest BCUT2D eigenvalue weighted by Crippen LogP contribution is 2.33. The van der Waals surface area contributed by atoms with Crippen molar-refractivity contribution in [1.82, 2.24) is 4.90 Å². The van der Waals surface area contributed by atoms with E-state index in [0.717, 1.165) is 38.1 Å². The molecule has 4 nitrogen and oxygen atoms in total. The number of nitrogens with zero attached hydrogens (tertiary/aromatic N) is 2. The standard InChI is InChI=1S/C19H22N2O2S2/c22-18-17(25-19(24)21(18)13-16-4-3-11-23-16)12-14-5-7-15(8-6-14)20-9-1-2-10-20/h5-8,12,16H,1-4,9-11,13H2/b17-12-/t16-/m0/s1. The summed E-state index contributed by atoms with van der Waals surface area (Å²) < 4.78 is 6.28. The van der Waals surface area contributed by atoms with Gasteiger partial charge in [0.25, 0.3) is 5.91 Å². The molecule has 1 aromatic carbocycles. The predicted octanol–water partition coefficient (Wildman–Crippen LogP) is 3.67. The Hall–Kier alpha value is -1.37. The van der Waals surface area contributed by atoms with Crippen LogP contribution < -0.4 is 4.90 Å². The molecule has 3 aliphatic rings. The van der Waals surface area contributed by atoms with Crippen molar-refractivity contribution in [2.75, 3.05) is 31.1 Å². The number of ether oxygens (including phenoxy) is 1. The maximum Gasteiger partial charge on any atom is 0.266 e. The number of hydrogen-bond acceptors (Lipinski definition) is 5. The molecule has 25 heavy (non-hydrogen) atoms. The first-order valence-electron chi connectivity index (χ1n) is 8.93. The SMILES string of the molecule is O=C1/C(=C/c2ccc(N3CCCC3)cc2)SC(=S)N1C[C@@H]1CCCO1. The molecule has 0 aromatic heterocycles. The third kappa shape index (κ3) is 3.76. The zero-order chi connectivity index (χ0) is 17.2. The number of thiocarbonyl (C=S) groups is 1. The molecule has 4 rings (SSSR count). The van der Waals surface area contributed by atoms with Gasteiger partial charge in [0.2, 0.25) is 0 Å². The van der Waals surface area contributed by atoms with Gasteiger partial charge in [-0.1, -0.05) is 36.1 Å². The molecule has 0 unspecified atom stereocenters. The van der Waals surface area contributed by atoms with E-state index in [1.807, 2.05) is 6.08 Å². The van der Waals surface area contributed by atoms with Crippen LogP contribution in [0.2, 0.25) is 0 Å². The van der Waals surface area contributed by atoms with Crippen LogP contribution in [0.15, 0.2) is 29.2 Å². The molecule has 0 saturated carbocycles. The normalized spacial score (nSPS) is 25.6. The monoisotopic (exact) mass is 374 g/mol. The largest absolute Gasteiger partial charge is 0.376 e. The van der Waals surface area contributed by atoms with Gasteiger partial charge in [0, 0.05) is 25.4 Å². The number of rotatable bonds is 4. The van der Waals surface area contributed by atoms with Crippen molar-refractivity contribution in [2.45, 2.75) is 31.8 Å². The lowest BCUT2D eigenvalue weighted by atomic mass is 10.1. The predicted molar refractivity (Wildman–Crippen MR) is 107 cm³/mol. The van der Waals surface area contributed by atoms with E-state index in [1.165, 1.54) is 30.3 Å². The fourth-order valence-corrected chi connectivity index (χ4v) is 4.83. The van der Waals surface area contributed by atoms with Gasteiger partial charge in [-0.15, -0.1) is 0 Å². The van der Waals surface area contributed by atoms with Crippen LogP contribution in [0.1, 0.15) is 31.2 Å². The smallest absolute Gasteiger partial charge is 0.266 e. The van der Waals surface area contributed by atoms with E-state index < -0.39 is 0 Å². The third-order valence-corrected chi connectivity index (χ3v) is 6.32. The van der Waals surface area contributed by atoms with E-state index >= 15 is 0 Å². The zero-order valence-corrected chi connectivity index (χ0v) is 15.8. The highest BCUT2D eigenvalue weighted by molar-refractivity contribution is 8.26. The van der Waals surface area contributed by atoms with Gasteiger partial charge in [-0.05, 0) is 49.5 Å². The average molecular weight is 375 g/mol. The van der Waals surface area contributed by atoms with Gasteiger partial charge in [0.05, 0.1) is 17.6 Å². The maximum absolute atomic E-state index is 12.7. The van der Waals surface area contributed by atoms with Crippen LogP contribution in [-0.2, 0) is 9.53 Å². The van der Waals surface area contributed by atoms with Gasteiger partial charge < -0.3 is 9.64 Å². The summed E-state index contributed by atoms with van der Waals surface area (Å²) in [5.41, 5.74) is 2.31. The number of carbonyl (C=O) groups excluding carboxylic acids is 1. The van der Waals surface area contributed by atoms with E-state index in [1.54, 1.807) is 4.90 Å². The van der Waals surface area contributed by atoms with Crippen molar-refractivity contribution >= 4 is 46.0 Å². The Labute approximate surface area is 158 Å². The maximum atomic E-state index is 12.7. The quantitative estimate of drug-likeness (QED) is 0.593. The van der Waals surface area contributed by atoms with Crippen LogP contribution in [0.4, 0.5) is 5.69 Å². The van der Waals surface area contributed by atoms with E-state index in [0.29, 0.717) is 15.8 Å². The van der Waals surface area contributed by atoms with E-state index in [2.05, 4.69) is 29.2 Å². The fourth-order valence-electron chi connectivity index (χ4n) is 3.56. The minimum Gasteiger partial charge on any atom is -0.376 e. The van der Waals surface area contributed by atoms with Crippen molar-refractivity contribution in [3.63, 3.8) is 0 Å². The number of amides is 1. The van der Waals surface area contributed by atoms with Gasteiger partial charge in [-0.3, -0.25) is 9.69 Å². The summed E-state index contributed by atoms with van der Waals surface area (Å²) in [6, 6.07) is 8.45. The number of carbonyl (C=O) groups is 1. The minimum absolute atomic E-state index is 0.00844. The Kier molecular flexibility index (Phi) is 5.10. The number of hydrogen-bond donors (Lipinski definition) is 0. The zero-order valence-electron chi connectivity index (χ0n) is 14.1. The minimum atomic E-state index is 0.00844. The Morgan fingerprint density at radius 3 is 2.64 bits per heavy atom. The highest BCUT2D eigenvalue weighted by atomic mass is 32.2. The molecule has 3 heterocycles. The number of benzene rings is 1. The van der Waals surface area contributed by atoms with Crippen molar-refractivity contribution < 1.29 is 9.53 Å². The summed E-state index contributed by atoms with van der Waals surface area (Å²) in [5.74, 6) is 0.00844. The molecule has 1 atom stereocenters. The van der Waals surface area contributed by atoms with Crippen LogP contribution in [0.25, 0.3) is 6.08 Å². The van der Waals surface area contributed by atoms with Crippen LogP contribution in [0.3, 0.4) is 0 Å². The van der Waals surface area contributed by atoms with E-state index in [-0.39, 0.29) is 12.0 Å². The van der Waals surface area contributed by atoms with Gasteiger partial charge in [-0.25, -0.2) is 0 Å². The van der Waals surface area contributed by atoms with Gasteiger partial charge >= 0.3 is 0 Å². The van der Waals surface area contributed by atoms with Crippen LogP contribution in [0, 0.1) is 0 Å². The highest BCUT2D eigenvalue weighted by Gasteiger charge is 2.34. The molecule has 1 amide bonds. The Bertz CT molecular complexity index is 690. The van der Waals surface area contributed by atoms with Crippen molar-refractivity contribution in [3.05, 3.63) is 34.7 Å². The molecule has 3 aliphatic heterocycles. The summed E-state index contributed by atoms with van der Waals surface area (Å²) in [6.07, 6.45) is 6.70. The first kappa shape index (κ1) is 17.1. The molecule has 6 heteroatoms. The van der Waals surface area contributed by atoms with Crippen molar-refractivity contribution in [2.24, 2.45) is 0 Å². The lowest BCUT2D eigenvalue weighted by Crippen LogP contribution is -2.35. The third-order valence-electron chi connectivity index (χ3n) is 4.95. The molecule has 132 valence electrons. The molecule has 3 saturated heterocycles. The van der Waals surface area contributed by atoms with E-state index in [9.17, 15) is 4.79 Å². The summed E-state index contributed by atoms with van der Waals surface area (Å²) >= 11 is 6.80. The Balaban J connectivity index is 1.45.